The molecule has 1 aromatic rings. The fraction of sp³-hybridized carbons (Fsp3) is 0.400. The Kier molecular flexibility index (Phi) is 4.93. The van der Waals surface area contributed by atoms with Crippen LogP contribution in [-0.2, 0) is 0 Å². The van der Waals surface area contributed by atoms with E-state index in [1.54, 1.807) is 0 Å². The lowest BCUT2D eigenvalue weighted by Gasteiger charge is -2.19. The monoisotopic (exact) mass is 335 g/mol. The summed E-state index contributed by atoms with van der Waals surface area (Å²) in [5.41, 5.74) is 4.75. The summed E-state index contributed by atoms with van der Waals surface area (Å²) in [6.07, 6.45) is 8.56. The average molecular weight is 335 g/mol. The Balaban J connectivity index is 1.80. The molecule has 0 saturated carbocycles. The van der Waals surface area contributed by atoms with Gasteiger partial charge in [0.2, 0.25) is 0 Å². The van der Waals surface area contributed by atoms with Crippen LogP contribution in [0, 0.1) is 5.92 Å². The van der Waals surface area contributed by atoms with Crippen LogP contribution in [0.15, 0.2) is 52.1 Å². The lowest BCUT2D eigenvalue weighted by Crippen LogP contribution is -2.27. The second kappa shape index (κ2) is 7.66. The first-order chi connectivity index (χ1) is 12.4. The predicted octanol–water partition coefficient (Wildman–Crippen LogP) is 2.45. The van der Waals surface area contributed by atoms with Crippen LogP contribution < -0.4 is 16.0 Å². The molecular weight excluding hydrogens is 310 g/mol. The van der Waals surface area contributed by atoms with Crippen LogP contribution >= 0.6 is 0 Å². The summed E-state index contributed by atoms with van der Waals surface area (Å²) in [5, 5.41) is 10.5. The van der Waals surface area contributed by atoms with Gasteiger partial charge in [-0.1, -0.05) is 18.2 Å². The maximum atomic E-state index is 4.74. The summed E-state index contributed by atoms with van der Waals surface area (Å²) >= 11 is 0. The number of allylic oxidation sites excluding steroid dienone is 3. The number of hydrogen-bond donors (Lipinski definition) is 3. The molecule has 0 amide bonds. The van der Waals surface area contributed by atoms with Crippen molar-refractivity contribution in [3.8, 4) is 0 Å². The highest BCUT2D eigenvalue weighted by atomic mass is 15.0. The van der Waals surface area contributed by atoms with Crippen LogP contribution in [0.25, 0.3) is 5.57 Å². The minimum Gasteiger partial charge on any atom is -0.384 e. The number of benzene rings is 1. The van der Waals surface area contributed by atoms with Crippen LogP contribution in [0.1, 0.15) is 18.4 Å². The van der Waals surface area contributed by atoms with Crippen molar-refractivity contribution in [3.05, 3.63) is 47.7 Å². The second-order valence-electron chi connectivity index (χ2n) is 6.69. The first-order valence-corrected chi connectivity index (χ1v) is 9.16. The largest absolute Gasteiger partial charge is 0.384 e. The fourth-order valence-corrected chi connectivity index (χ4v) is 3.47. The van der Waals surface area contributed by atoms with Gasteiger partial charge in [0.1, 0.15) is 5.84 Å². The van der Waals surface area contributed by atoms with Gasteiger partial charge in [0, 0.05) is 49.4 Å². The normalized spacial score (nSPS) is 26.4. The zero-order valence-corrected chi connectivity index (χ0v) is 14.5. The molecule has 3 heterocycles. The molecule has 5 nitrogen and oxygen atoms in total. The topological polar surface area (TPSA) is 60.8 Å². The molecule has 0 saturated heterocycles. The highest BCUT2D eigenvalue weighted by Gasteiger charge is 2.19. The third kappa shape index (κ3) is 3.99. The molecule has 130 valence electrons. The molecule has 0 aliphatic carbocycles. The zero-order valence-electron chi connectivity index (χ0n) is 14.5. The molecule has 1 atom stereocenters. The molecule has 5 heteroatoms. The first kappa shape index (κ1) is 16.1. The second-order valence-corrected chi connectivity index (χ2v) is 6.69. The Hall–Kier alpha value is -2.40. The Morgan fingerprint density at radius 1 is 1.08 bits per heavy atom. The number of amidine groups is 1. The van der Waals surface area contributed by atoms with Crippen LogP contribution in [0.5, 0.6) is 0 Å². The Bertz CT molecular complexity index is 744. The van der Waals surface area contributed by atoms with Crippen LogP contribution in [-0.4, -0.2) is 44.8 Å². The quantitative estimate of drug-likeness (QED) is 0.682. The molecule has 1 unspecified atom stereocenters. The summed E-state index contributed by atoms with van der Waals surface area (Å²) < 4.78 is 0. The number of hydrogen-bond acceptors (Lipinski definition) is 5. The van der Waals surface area contributed by atoms with Crippen molar-refractivity contribution in [2.24, 2.45) is 15.9 Å². The lowest BCUT2D eigenvalue weighted by molar-refractivity contribution is 0.589. The number of fused-ring (bicyclic) bond motifs is 5. The maximum Gasteiger partial charge on any atom is 0.124 e. The maximum absolute atomic E-state index is 4.74. The number of nitrogens with zero attached hydrogens (tertiary/aromatic N) is 2. The van der Waals surface area contributed by atoms with Crippen molar-refractivity contribution in [1.82, 2.24) is 10.6 Å². The minimum absolute atomic E-state index is 0.512. The molecule has 25 heavy (non-hydrogen) atoms. The fourth-order valence-electron chi connectivity index (χ4n) is 3.47. The molecule has 5 bridgehead atoms. The van der Waals surface area contributed by atoms with E-state index in [9.17, 15) is 0 Å². The molecular formula is C20H25N5. The average Bonchev–Trinajstić information content (AvgIpc) is 2.82. The Morgan fingerprint density at radius 3 is 3.08 bits per heavy atom. The summed E-state index contributed by atoms with van der Waals surface area (Å²) in [5.74, 6) is 1.47. The Labute approximate surface area is 149 Å². The molecule has 0 spiro atoms. The highest BCUT2D eigenvalue weighted by molar-refractivity contribution is 6.12. The summed E-state index contributed by atoms with van der Waals surface area (Å²) in [4.78, 5) is 9.40. The van der Waals surface area contributed by atoms with Gasteiger partial charge in [-0.2, -0.15) is 0 Å². The van der Waals surface area contributed by atoms with Crippen molar-refractivity contribution in [2.75, 3.05) is 38.0 Å². The molecule has 3 aliphatic rings. The SMILES string of the molecule is C1=CC2CCN=C/C3=C(\C2)NC1=NCCNCCNc1cccc3c1. The third-order valence-electron chi connectivity index (χ3n) is 4.82. The van der Waals surface area contributed by atoms with Gasteiger partial charge in [0.25, 0.3) is 0 Å². The van der Waals surface area contributed by atoms with E-state index in [0.717, 1.165) is 57.1 Å². The number of anilines is 1. The van der Waals surface area contributed by atoms with Crippen molar-refractivity contribution in [2.45, 2.75) is 12.8 Å². The number of aliphatic imine (C=N–C) groups is 2. The molecule has 3 aliphatic heterocycles. The van der Waals surface area contributed by atoms with E-state index in [2.05, 4.69) is 57.4 Å². The molecule has 1 aromatic carbocycles. The van der Waals surface area contributed by atoms with Crippen LogP contribution in [0.3, 0.4) is 0 Å². The van der Waals surface area contributed by atoms with E-state index >= 15 is 0 Å². The van der Waals surface area contributed by atoms with E-state index in [0.29, 0.717) is 5.92 Å². The van der Waals surface area contributed by atoms with Gasteiger partial charge in [0.15, 0.2) is 0 Å². The smallest absolute Gasteiger partial charge is 0.124 e. The standard InChI is InChI=1S/C20H25N5/c1-2-16-13-17(3-1)23-10-8-21-9-11-24-20-5-4-15-6-7-22-14-18(16)19(12-15)25-20/h1-5,13-15,21,23H,6-12H2,(H,24,25)/b19-18-,22-14?. The van der Waals surface area contributed by atoms with Crippen molar-refractivity contribution < 1.29 is 0 Å². The van der Waals surface area contributed by atoms with E-state index in [4.69, 9.17) is 4.99 Å². The summed E-state index contributed by atoms with van der Waals surface area (Å²) in [6.45, 7) is 4.37. The van der Waals surface area contributed by atoms with Gasteiger partial charge in [-0.3, -0.25) is 9.98 Å². The van der Waals surface area contributed by atoms with Crippen molar-refractivity contribution in [3.63, 3.8) is 0 Å². The van der Waals surface area contributed by atoms with E-state index < -0.39 is 0 Å². The van der Waals surface area contributed by atoms with Gasteiger partial charge < -0.3 is 16.0 Å². The summed E-state index contributed by atoms with van der Waals surface area (Å²) in [6, 6.07) is 8.61. The van der Waals surface area contributed by atoms with Crippen molar-refractivity contribution in [1.29, 1.82) is 0 Å². The lowest BCUT2D eigenvalue weighted by atomic mass is 9.94. The number of rotatable bonds is 0. The molecule has 0 aromatic heterocycles. The van der Waals surface area contributed by atoms with Crippen LogP contribution in [0.2, 0.25) is 0 Å². The van der Waals surface area contributed by atoms with Gasteiger partial charge >= 0.3 is 0 Å². The van der Waals surface area contributed by atoms with E-state index in [1.807, 2.05) is 6.21 Å². The highest BCUT2D eigenvalue weighted by Crippen LogP contribution is 2.28. The molecule has 4 rings (SSSR count). The van der Waals surface area contributed by atoms with E-state index in [-0.39, 0.29) is 0 Å². The van der Waals surface area contributed by atoms with E-state index in [1.165, 1.54) is 16.8 Å². The van der Waals surface area contributed by atoms with Gasteiger partial charge in [0.05, 0.1) is 6.54 Å². The van der Waals surface area contributed by atoms with Gasteiger partial charge in [-0.15, -0.1) is 0 Å². The first-order valence-electron chi connectivity index (χ1n) is 9.16. The van der Waals surface area contributed by atoms with Gasteiger partial charge in [-0.05, 0) is 42.5 Å². The Morgan fingerprint density at radius 2 is 2.08 bits per heavy atom. The molecule has 0 fully saturated rings. The van der Waals surface area contributed by atoms with Gasteiger partial charge in [-0.25, -0.2) is 0 Å². The number of nitrogens with one attached hydrogen (secondary N) is 3. The predicted molar refractivity (Wildman–Crippen MR) is 105 cm³/mol. The molecule has 3 N–H and O–H groups in total. The van der Waals surface area contributed by atoms with Crippen LogP contribution in [0.4, 0.5) is 5.69 Å². The third-order valence-corrected chi connectivity index (χ3v) is 4.82. The van der Waals surface area contributed by atoms with Crippen molar-refractivity contribution >= 4 is 23.3 Å². The minimum atomic E-state index is 0.512. The summed E-state index contributed by atoms with van der Waals surface area (Å²) in [7, 11) is 0. The molecule has 0 radical (unpaired) electrons. The zero-order chi connectivity index (χ0) is 16.9.